The molecule has 18 heavy (non-hydrogen) atoms. The largest absolute Gasteiger partial charge is 0.353 e. The van der Waals surface area contributed by atoms with Crippen molar-refractivity contribution < 1.29 is 4.79 Å². The number of carbonyl (C=O) groups is 1. The lowest BCUT2D eigenvalue weighted by atomic mass is 9.87. The summed E-state index contributed by atoms with van der Waals surface area (Å²) in [5, 5.41) is 3.18. The van der Waals surface area contributed by atoms with Gasteiger partial charge in [0, 0.05) is 12.5 Å². The molecule has 3 N–H and O–H groups in total. The molecule has 0 heterocycles. The Morgan fingerprint density at radius 3 is 2.39 bits per heavy atom. The molecule has 0 aromatic heterocycles. The number of carbonyl (C=O) groups excluding carboxylic acids is 1. The van der Waals surface area contributed by atoms with Crippen LogP contribution in [0.2, 0.25) is 0 Å². The minimum Gasteiger partial charge on any atom is -0.353 e. The highest BCUT2D eigenvalue weighted by Crippen LogP contribution is 2.23. The summed E-state index contributed by atoms with van der Waals surface area (Å²) < 4.78 is 0. The van der Waals surface area contributed by atoms with Crippen molar-refractivity contribution in [2.75, 3.05) is 6.54 Å². The van der Waals surface area contributed by atoms with Gasteiger partial charge in [-0.2, -0.15) is 0 Å². The molecule has 3 heteroatoms. The van der Waals surface area contributed by atoms with Gasteiger partial charge in [0.2, 0.25) is 5.91 Å². The van der Waals surface area contributed by atoms with Gasteiger partial charge >= 0.3 is 0 Å². The molecule has 1 aliphatic carbocycles. The smallest absolute Gasteiger partial charge is 0.220 e. The zero-order valence-corrected chi connectivity index (χ0v) is 12.2. The third-order valence-corrected chi connectivity index (χ3v) is 3.99. The van der Waals surface area contributed by atoms with Crippen LogP contribution in [0.15, 0.2) is 0 Å². The molecule has 106 valence electrons. The first kappa shape index (κ1) is 15.5. The van der Waals surface area contributed by atoms with Gasteiger partial charge in [0.15, 0.2) is 0 Å². The summed E-state index contributed by atoms with van der Waals surface area (Å²) in [6.45, 7) is 7.28. The van der Waals surface area contributed by atoms with Gasteiger partial charge in [0.25, 0.3) is 0 Å². The summed E-state index contributed by atoms with van der Waals surface area (Å²) in [4.78, 5) is 12.0. The summed E-state index contributed by atoms with van der Waals surface area (Å²) in [7, 11) is 0. The van der Waals surface area contributed by atoms with E-state index in [9.17, 15) is 4.79 Å². The summed E-state index contributed by atoms with van der Waals surface area (Å²) in [6, 6.07) is 0.408. The highest BCUT2D eigenvalue weighted by atomic mass is 16.1. The fourth-order valence-electron chi connectivity index (χ4n) is 2.88. The van der Waals surface area contributed by atoms with E-state index in [0.717, 1.165) is 25.2 Å². The Morgan fingerprint density at radius 1 is 1.28 bits per heavy atom. The average Bonchev–Trinajstić information content (AvgIpc) is 2.30. The fraction of sp³-hybridized carbons (Fsp3) is 0.933. The van der Waals surface area contributed by atoms with Crippen LogP contribution in [0.5, 0.6) is 0 Å². The van der Waals surface area contributed by atoms with E-state index in [2.05, 4.69) is 26.1 Å². The molecule has 1 amide bonds. The van der Waals surface area contributed by atoms with Gasteiger partial charge in [-0.1, -0.05) is 20.8 Å². The van der Waals surface area contributed by atoms with Crippen molar-refractivity contribution in [1.29, 1.82) is 0 Å². The number of rotatable bonds is 6. The molecule has 3 nitrogen and oxygen atoms in total. The van der Waals surface area contributed by atoms with Gasteiger partial charge in [-0.05, 0) is 56.4 Å². The normalized spacial score (nSPS) is 26.1. The molecule has 1 unspecified atom stereocenters. The van der Waals surface area contributed by atoms with Crippen molar-refractivity contribution in [3.05, 3.63) is 0 Å². The molecular weight excluding hydrogens is 224 g/mol. The second-order valence-electron chi connectivity index (χ2n) is 6.46. The van der Waals surface area contributed by atoms with Gasteiger partial charge < -0.3 is 11.1 Å². The maximum Gasteiger partial charge on any atom is 0.220 e. The first-order chi connectivity index (χ1) is 8.51. The molecule has 0 aromatic carbocycles. The molecule has 1 aliphatic rings. The number of amides is 1. The molecule has 0 bridgehead atoms. The standard InChI is InChI=1S/C15H30N2O/c1-11(2)8-13(10-16)9-15(18)17-14-6-4-12(3)5-7-14/h11-14H,4-10,16H2,1-3H3,(H,17,18). The first-order valence-corrected chi connectivity index (χ1v) is 7.50. The Kier molecular flexibility index (Phi) is 6.69. The van der Waals surface area contributed by atoms with Gasteiger partial charge in [-0.25, -0.2) is 0 Å². The van der Waals surface area contributed by atoms with E-state index in [1.807, 2.05) is 0 Å². The van der Waals surface area contributed by atoms with Crippen molar-refractivity contribution in [3.8, 4) is 0 Å². The minimum atomic E-state index is 0.200. The lowest BCUT2D eigenvalue weighted by Crippen LogP contribution is -2.38. The topological polar surface area (TPSA) is 55.1 Å². The second-order valence-corrected chi connectivity index (χ2v) is 6.46. The third kappa shape index (κ3) is 5.85. The lowest BCUT2D eigenvalue weighted by molar-refractivity contribution is -0.123. The zero-order chi connectivity index (χ0) is 13.5. The number of hydrogen-bond donors (Lipinski definition) is 2. The monoisotopic (exact) mass is 254 g/mol. The molecule has 1 fully saturated rings. The minimum absolute atomic E-state index is 0.200. The predicted molar refractivity (Wildman–Crippen MR) is 76.2 cm³/mol. The molecule has 1 saturated carbocycles. The van der Waals surface area contributed by atoms with Crippen molar-refractivity contribution >= 4 is 5.91 Å². The maximum absolute atomic E-state index is 12.0. The Morgan fingerprint density at radius 2 is 1.89 bits per heavy atom. The average molecular weight is 254 g/mol. The van der Waals surface area contributed by atoms with Crippen LogP contribution < -0.4 is 11.1 Å². The van der Waals surface area contributed by atoms with E-state index in [1.54, 1.807) is 0 Å². The predicted octanol–water partition coefficient (Wildman–Crippen LogP) is 2.69. The molecule has 0 saturated heterocycles. The first-order valence-electron chi connectivity index (χ1n) is 7.50. The highest BCUT2D eigenvalue weighted by Gasteiger charge is 2.21. The fourth-order valence-corrected chi connectivity index (χ4v) is 2.88. The van der Waals surface area contributed by atoms with Gasteiger partial charge in [-0.15, -0.1) is 0 Å². The Hall–Kier alpha value is -0.570. The number of nitrogens with two attached hydrogens (primary N) is 1. The molecule has 0 spiro atoms. The molecule has 0 aliphatic heterocycles. The van der Waals surface area contributed by atoms with Crippen LogP contribution in [0.1, 0.15) is 59.3 Å². The summed E-state index contributed by atoms with van der Waals surface area (Å²) in [5.41, 5.74) is 5.74. The van der Waals surface area contributed by atoms with Crippen molar-refractivity contribution in [2.45, 2.75) is 65.3 Å². The van der Waals surface area contributed by atoms with Crippen molar-refractivity contribution in [2.24, 2.45) is 23.5 Å². The van der Waals surface area contributed by atoms with Crippen LogP contribution in [0.25, 0.3) is 0 Å². The van der Waals surface area contributed by atoms with E-state index >= 15 is 0 Å². The van der Waals surface area contributed by atoms with Crippen LogP contribution >= 0.6 is 0 Å². The van der Waals surface area contributed by atoms with Gasteiger partial charge in [0.05, 0.1) is 0 Å². The highest BCUT2D eigenvalue weighted by molar-refractivity contribution is 5.76. The van der Waals surface area contributed by atoms with Crippen LogP contribution in [0, 0.1) is 17.8 Å². The molecular formula is C15H30N2O. The van der Waals surface area contributed by atoms with E-state index in [-0.39, 0.29) is 5.91 Å². The van der Waals surface area contributed by atoms with E-state index in [1.165, 1.54) is 12.8 Å². The maximum atomic E-state index is 12.0. The van der Waals surface area contributed by atoms with Gasteiger partial charge in [-0.3, -0.25) is 4.79 Å². The van der Waals surface area contributed by atoms with E-state index in [0.29, 0.717) is 30.8 Å². The molecule has 1 atom stereocenters. The van der Waals surface area contributed by atoms with E-state index < -0.39 is 0 Å². The zero-order valence-electron chi connectivity index (χ0n) is 12.2. The van der Waals surface area contributed by atoms with Crippen LogP contribution in [-0.2, 0) is 4.79 Å². The SMILES string of the molecule is CC(C)CC(CN)CC(=O)NC1CCC(C)CC1. The summed E-state index contributed by atoms with van der Waals surface area (Å²) in [6.07, 6.45) is 6.43. The third-order valence-electron chi connectivity index (χ3n) is 3.99. The van der Waals surface area contributed by atoms with Crippen LogP contribution in [0.4, 0.5) is 0 Å². The van der Waals surface area contributed by atoms with E-state index in [4.69, 9.17) is 5.73 Å². The van der Waals surface area contributed by atoms with Crippen molar-refractivity contribution in [1.82, 2.24) is 5.32 Å². The summed E-state index contributed by atoms with van der Waals surface area (Å²) in [5.74, 6) is 1.98. The van der Waals surface area contributed by atoms with Gasteiger partial charge in [0.1, 0.15) is 0 Å². The Labute approximate surface area is 112 Å². The number of hydrogen-bond acceptors (Lipinski definition) is 2. The quantitative estimate of drug-likeness (QED) is 0.765. The molecule has 1 rings (SSSR count). The molecule has 0 aromatic rings. The lowest BCUT2D eigenvalue weighted by Gasteiger charge is -2.27. The van der Waals surface area contributed by atoms with Crippen LogP contribution in [-0.4, -0.2) is 18.5 Å². The Balaban J connectivity index is 2.27. The Bertz CT molecular complexity index is 245. The second kappa shape index (κ2) is 7.78. The van der Waals surface area contributed by atoms with Crippen LogP contribution in [0.3, 0.4) is 0 Å². The molecule has 0 radical (unpaired) electrons. The summed E-state index contributed by atoms with van der Waals surface area (Å²) >= 11 is 0. The van der Waals surface area contributed by atoms with Crippen molar-refractivity contribution in [3.63, 3.8) is 0 Å². The number of nitrogens with one attached hydrogen (secondary N) is 1.